The van der Waals surface area contributed by atoms with Gasteiger partial charge in [-0.15, -0.1) is 0 Å². The van der Waals surface area contributed by atoms with E-state index >= 15 is 0 Å². The molecule has 0 spiro atoms. The molecule has 1 heterocycles. The first-order valence-electron chi connectivity index (χ1n) is 6.12. The number of rotatable bonds is 5. The summed E-state index contributed by atoms with van der Waals surface area (Å²) in [5, 5.41) is 9.29. The predicted octanol–water partition coefficient (Wildman–Crippen LogP) is 1.27. The SMILES string of the molecule is CCCN(C(C)=O)C(C(=O)O)C1CCC(C)O1. The van der Waals surface area contributed by atoms with Gasteiger partial charge in [0.2, 0.25) is 5.91 Å². The van der Waals surface area contributed by atoms with Crippen molar-refractivity contribution < 1.29 is 19.4 Å². The van der Waals surface area contributed by atoms with Crippen LogP contribution in [-0.4, -0.2) is 46.7 Å². The fourth-order valence-electron chi connectivity index (χ4n) is 2.29. The lowest BCUT2D eigenvalue weighted by atomic mass is 10.1. The standard InChI is InChI=1S/C12H21NO4/c1-4-7-13(9(3)14)11(12(15)16)10-6-5-8(2)17-10/h8,10-11H,4-7H2,1-3H3,(H,15,16). The summed E-state index contributed by atoms with van der Waals surface area (Å²) in [6, 6.07) is -0.850. The van der Waals surface area contributed by atoms with Gasteiger partial charge in [0.1, 0.15) is 0 Å². The summed E-state index contributed by atoms with van der Waals surface area (Å²) in [7, 11) is 0. The minimum atomic E-state index is -0.979. The molecular formula is C12H21NO4. The molecule has 98 valence electrons. The predicted molar refractivity (Wildman–Crippen MR) is 62.7 cm³/mol. The van der Waals surface area contributed by atoms with E-state index in [2.05, 4.69) is 0 Å². The van der Waals surface area contributed by atoms with Crippen LogP contribution in [0.15, 0.2) is 0 Å². The molecule has 0 bridgehead atoms. The van der Waals surface area contributed by atoms with Crippen molar-refractivity contribution in [3.05, 3.63) is 0 Å². The third-order valence-corrected chi connectivity index (χ3v) is 3.07. The van der Waals surface area contributed by atoms with Crippen LogP contribution in [0.4, 0.5) is 0 Å². The van der Waals surface area contributed by atoms with Crippen LogP contribution in [0.5, 0.6) is 0 Å². The van der Waals surface area contributed by atoms with Gasteiger partial charge in [-0.2, -0.15) is 0 Å². The molecule has 0 aromatic carbocycles. The summed E-state index contributed by atoms with van der Waals surface area (Å²) >= 11 is 0. The number of carboxylic acids is 1. The fraction of sp³-hybridized carbons (Fsp3) is 0.833. The highest BCUT2D eigenvalue weighted by Gasteiger charge is 2.39. The lowest BCUT2D eigenvalue weighted by Crippen LogP contribution is -2.51. The fourth-order valence-corrected chi connectivity index (χ4v) is 2.29. The Labute approximate surface area is 102 Å². The maximum absolute atomic E-state index is 11.5. The van der Waals surface area contributed by atoms with E-state index in [0.717, 1.165) is 12.8 Å². The van der Waals surface area contributed by atoms with E-state index in [0.29, 0.717) is 13.0 Å². The average molecular weight is 243 g/mol. The minimum absolute atomic E-state index is 0.0808. The first kappa shape index (κ1) is 14.0. The molecule has 5 heteroatoms. The number of carbonyl (C=O) groups is 2. The van der Waals surface area contributed by atoms with E-state index in [1.54, 1.807) is 0 Å². The molecule has 3 atom stereocenters. The summed E-state index contributed by atoms with van der Waals surface area (Å²) in [6.45, 7) is 5.72. The zero-order valence-electron chi connectivity index (χ0n) is 10.7. The Morgan fingerprint density at radius 2 is 2.12 bits per heavy atom. The number of hydrogen-bond donors (Lipinski definition) is 1. The Kier molecular flexibility index (Phi) is 4.93. The van der Waals surface area contributed by atoms with Gasteiger partial charge in [-0.25, -0.2) is 4.79 Å². The molecule has 1 saturated heterocycles. The highest BCUT2D eigenvalue weighted by Crippen LogP contribution is 2.25. The molecule has 1 rings (SSSR count). The van der Waals surface area contributed by atoms with Crippen molar-refractivity contribution in [3.8, 4) is 0 Å². The van der Waals surface area contributed by atoms with Crippen LogP contribution in [0, 0.1) is 0 Å². The zero-order chi connectivity index (χ0) is 13.0. The van der Waals surface area contributed by atoms with Crippen LogP contribution < -0.4 is 0 Å². The highest BCUT2D eigenvalue weighted by atomic mass is 16.5. The second kappa shape index (κ2) is 6.00. The molecule has 5 nitrogen and oxygen atoms in total. The van der Waals surface area contributed by atoms with Gasteiger partial charge in [0.15, 0.2) is 6.04 Å². The first-order chi connectivity index (χ1) is 7.97. The number of ether oxygens (including phenoxy) is 1. The lowest BCUT2D eigenvalue weighted by Gasteiger charge is -2.31. The second-order valence-corrected chi connectivity index (χ2v) is 4.56. The molecule has 1 amide bonds. The maximum Gasteiger partial charge on any atom is 0.329 e. The van der Waals surface area contributed by atoms with Gasteiger partial charge in [-0.1, -0.05) is 6.92 Å². The topological polar surface area (TPSA) is 66.8 Å². The smallest absolute Gasteiger partial charge is 0.329 e. The molecule has 0 aliphatic carbocycles. The Balaban J connectivity index is 2.82. The van der Waals surface area contributed by atoms with Gasteiger partial charge in [-0.3, -0.25) is 4.79 Å². The van der Waals surface area contributed by atoms with Crippen LogP contribution >= 0.6 is 0 Å². The van der Waals surface area contributed by atoms with Crippen LogP contribution in [-0.2, 0) is 14.3 Å². The first-order valence-corrected chi connectivity index (χ1v) is 6.12. The Morgan fingerprint density at radius 3 is 2.47 bits per heavy atom. The van der Waals surface area contributed by atoms with Crippen molar-refractivity contribution >= 4 is 11.9 Å². The van der Waals surface area contributed by atoms with Crippen LogP contribution in [0.3, 0.4) is 0 Å². The molecule has 1 N–H and O–H groups in total. The van der Waals surface area contributed by atoms with E-state index < -0.39 is 12.0 Å². The average Bonchev–Trinajstić information content (AvgIpc) is 2.63. The summed E-state index contributed by atoms with van der Waals surface area (Å²) in [6.07, 6.45) is 2.00. The highest BCUT2D eigenvalue weighted by molar-refractivity contribution is 5.82. The van der Waals surface area contributed by atoms with E-state index in [4.69, 9.17) is 4.74 Å². The van der Waals surface area contributed by atoms with Crippen molar-refractivity contribution in [1.82, 2.24) is 4.90 Å². The number of hydrogen-bond acceptors (Lipinski definition) is 3. The van der Waals surface area contributed by atoms with Crippen molar-refractivity contribution in [2.24, 2.45) is 0 Å². The van der Waals surface area contributed by atoms with Gasteiger partial charge >= 0.3 is 5.97 Å². The Bertz CT molecular complexity index is 292. The third kappa shape index (κ3) is 3.43. The molecule has 0 saturated carbocycles. The lowest BCUT2D eigenvalue weighted by molar-refractivity contribution is -0.156. The van der Waals surface area contributed by atoms with E-state index in [1.165, 1.54) is 11.8 Å². The quantitative estimate of drug-likeness (QED) is 0.789. The minimum Gasteiger partial charge on any atom is -0.480 e. The molecule has 17 heavy (non-hydrogen) atoms. The van der Waals surface area contributed by atoms with Gasteiger partial charge in [0.25, 0.3) is 0 Å². The Morgan fingerprint density at radius 1 is 1.47 bits per heavy atom. The molecular weight excluding hydrogens is 222 g/mol. The maximum atomic E-state index is 11.5. The molecule has 1 fully saturated rings. The van der Waals surface area contributed by atoms with Gasteiger partial charge in [-0.05, 0) is 26.2 Å². The molecule has 1 aliphatic heterocycles. The number of carboxylic acid groups (broad SMARTS) is 1. The van der Waals surface area contributed by atoms with Crippen LogP contribution in [0.2, 0.25) is 0 Å². The molecule has 0 aromatic rings. The van der Waals surface area contributed by atoms with Crippen LogP contribution in [0.25, 0.3) is 0 Å². The molecule has 1 aliphatic rings. The molecule has 0 radical (unpaired) electrons. The van der Waals surface area contributed by atoms with Crippen molar-refractivity contribution in [3.63, 3.8) is 0 Å². The number of amides is 1. The van der Waals surface area contributed by atoms with E-state index in [9.17, 15) is 14.7 Å². The molecule has 3 unspecified atom stereocenters. The Hall–Kier alpha value is -1.10. The van der Waals surface area contributed by atoms with Gasteiger partial charge in [0, 0.05) is 13.5 Å². The summed E-state index contributed by atoms with van der Waals surface area (Å²) in [5.41, 5.74) is 0. The normalized spacial score (nSPS) is 25.6. The van der Waals surface area contributed by atoms with E-state index in [1.807, 2.05) is 13.8 Å². The van der Waals surface area contributed by atoms with Crippen molar-refractivity contribution in [2.45, 2.75) is 58.3 Å². The zero-order valence-corrected chi connectivity index (χ0v) is 10.7. The van der Waals surface area contributed by atoms with Crippen LogP contribution in [0.1, 0.15) is 40.0 Å². The number of nitrogens with zero attached hydrogens (tertiary/aromatic N) is 1. The summed E-state index contributed by atoms with van der Waals surface area (Å²) in [5.74, 6) is -1.19. The van der Waals surface area contributed by atoms with Crippen molar-refractivity contribution in [2.75, 3.05) is 6.54 Å². The molecule has 0 aromatic heterocycles. The monoisotopic (exact) mass is 243 g/mol. The summed E-state index contributed by atoms with van der Waals surface area (Å²) < 4.78 is 5.59. The van der Waals surface area contributed by atoms with E-state index in [-0.39, 0.29) is 18.1 Å². The largest absolute Gasteiger partial charge is 0.480 e. The summed E-state index contributed by atoms with van der Waals surface area (Å²) in [4.78, 5) is 24.3. The third-order valence-electron chi connectivity index (χ3n) is 3.07. The van der Waals surface area contributed by atoms with Crippen molar-refractivity contribution in [1.29, 1.82) is 0 Å². The second-order valence-electron chi connectivity index (χ2n) is 4.56. The van der Waals surface area contributed by atoms with Gasteiger partial charge < -0.3 is 14.7 Å². The number of carbonyl (C=O) groups excluding carboxylic acids is 1. The van der Waals surface area contributed by atoms with Gasteiger partial charge in [0.05, 0.1) is 12.2 Å². The number of aliphatic carboxylic acids is 1.